The van der Waals surface area contributed by atoms with Gasteiger partial charge in [0.1, 0.15) is 6.04 Å². The van der Waals surface area contributed by atoms with Crippen molar-refractivity contribution in [3.63, 3.8) is 0 Å². The number of piperidine rings is 1. The molecule has 0 spiro atoms. The lowest BCUT2D eigenvalue weighted by molar-refractivity contribution is -0.131. The fourth-order valence-corrected chi connectivity index (χ4v) is 7.55. The molecule has 2 aromatic carbocycles. The number of nitriles is 1. The van der Waals surface area contributed by atoms with E-state index in [0.717, 1.165) is 35.1 Å². The number of carbonyl (C=O) groups excluding carboxylic acids is 3. The number of tetrazole rings is 1. The average Bonchev–Trinajstić information content (AvgIpc) is 3.41. The van der Waals surface area contributed by atoms with Gasteiger partial charge in [0.25, 0.3) is 11.8 Å². The molecule has 2 heterocycles. The summed E-state index contributed by atoms with van der Waals surface area (Å²) in [6.07, 6.45) is 3.48. The third-order valence-corrected chi connectivity index (χ3v) is 9.66. The molecular formula is C35H43N9O3. The number of hydrogen-bond acceptors (Lipinski definition) is 8. The minimum Gasteiger partial charge on any atom is -0.350 e. The second kappa shape index (κ2) is 12.9. The Bertz CT molecular complexity index is 1640. The topological polar surface area (TPSA) is 169 Å². The van der Waals surface area contributed by atoms with Gasteiger partial charge in [-0.05, 0) is 130 Å². The maximum atomic E-state index is 13.4. The molecule has 0 radical (unpaired) electrons. The zero-order valence-corrected chi connectivity index (χ0v) is 27.6. The number of hydrogen-bond donors (Lipinski definition) is 4. The molecule has 47 heavy (non-hydrogen) atoms. The summed E-state index contributed by atoms with van der Waals surface area (Å²) in [4.78, 5) is 41.3. The molecule has 3 amide bonds. The van der Waals surface area contributed by atoms with Crippen LogP contribution in [-0.2, 0) is 23.1 Å². The first kappa shape index (κ1) is 32.3. The molecule has 4 atom stereocenters. The van der Waals surface area contributed by atoms with Crippen molar-refractivity contribution in [2.24, 2.45) is 5.92 Å². The Labute approximate surface area is 275 Å². The number of rotatable bonds is 10. The summed E-state index contributed by atoms with van der Waals surface area (Å²) in [6, 6.07) is 13.5. The van der Waals surface area contributed by atoms with Gasteiger partial charge in [-0.1, -0.05) is 12.1 Å². The SMILES string of the molecule is CC(C)NC(=O)c1ccc2c(c1)CCc1cc(C(=O)NC(C)C)ccc1C2(C[C@H](C)NCC(=O)N1C(C#N)C[C@@H]2C[C@@H]21)c1nnn[nH]1. The summed E-state index contributed by atoms with van der Waals surface area (Å²) < 4.78 is 0. The van der Waals surface area contributed by atoms with Crippen LogP contribution in [0.2, 0.25) is 0 Å². The number of aromatic amines is 1. The van der Waals surface area contributed by atoms with Gasteiger partial charge in [-0.15, -0.1) is 5.10 Å². The van der Waals surface area contributed by atoms with E-state index in [0.29, 0.717) is 42.1 Å². The summed E-state index contributed by atoms with van der Waals surface area (Å²) in [6.45, 7) is 9.86. The number of fused-ring (bicyclic) bond motifs is 3. The number of nitrogens with zero attached hydrogens (tertiary/aromatic N) is 5. The molecule has 3 aromatic rings. The number of nitrogens with one attached hydrogen (secondary N) is 4. The van der Waals surface area contributed by atoms with E-state index in [1.807, 2.05) is 71.0 Å². The minimum absolute atomic E-state index is 0.00948. The van der Waals surface area contributed by atoms with Gasteiger partial charge in [0, 0.05) is 35.3 Å². The number of aryl methyl sites for hydroxylation is 2. The number of amides is 3. The molecule has 1 saturated carbocycles. The molecule has 1 saturated heterocycles. The maximum absolute atomic E-state index is 13.4. The summed E-state index contributed by atoms with van der Waals surface area (Å²) in [5.41, 5.74) is 4.12. The van der Waals surface area contributed by atoms with Crippen LogP contribution in [0.25, 0.3) is 0 Å². The molecule has 1 aromatic heterocycles. The van der Waals surface area contributed by atoms with Crippen molar-refractivity contribution in [2.45, 2.75) is 102 Å². The summed E-state index contributed by atoms with van der Waals surface area (Å²) in [7, 11) is 0. The van der Waals surface area contributed by atoms with E-state index >= 15 is 0 Å². The van der Waals surface area contributed by atoms with Gasteiger partial charge in [-0.25, -0.2) is 5.10 Å². The van der Waals surface area contributed by atoms with E-state index < -0.39 is 5.41 Å². The van der Waals surface area contributed by atoms with Crippen LogP contribution in [-0.4, -0.2) is 80.0 Å². The average molecular weight is 638 g/mol. The lowest BCUT2D eigenvalue weighted by Gasteiger charge is -2.37. The van der Waals surface area contributed by atoms with Crippen LogP contribution in [0.3, 0.4) is 0 Å². The first-order valence-corrected chi connectivity index (χ1v) is 16.6. The highest BCUT2D eigenvalue weighted by Crippen LogP contribution is 2.48. The molecule has 4 N–H and O–H groups in total. The van der Waals surface area contributed by atoms with Gasteiger partial charge in [-0.3, -0.25) is 14.4 Å². The number of carbonyl (C=O) groups is 3. The molecule has 0 bridgehead atoms. The van der Waals surface area contributed by atoms with Gasteiger partial charge in [0.2, 0.25) is 5.91 Å². The smallest absolute Gasteiger partial charge is 0.251 e. The van der Waals surface area contributed by atoms with Crippen molar-refractivity contribution >= 4 is 17.7 Å². The van der Waals surface area contributed by atoms with Crippen LogP contribution >= 0.6 is 0 Å². The van der Waals surface area contributed by atoms with Gasteiger partial charge in [-0.2, -0.15) is 5.26 Å². The van der Waals surface area contributed by atoms with Crippen molar-refractivity contribution in [1.29, 1.82) is 5.26 Å². The van der Waals surface area contributed by atoms with Gasteiger partial charge >= 0.3 is 0 Å². The lowest BCUT2D eigenvalue weighted by Crippen LogP contribution is -2.46. The van der Waals surface area contributed by atoms with E-state index in [-0.39, 0.29) is 54.5 Å². The normalized spacial score (nSPS) is 21.2. The predicted molar refractivity (Wildman–Crippen MR) is 174 cm³/mol. The highest BCUT2D eigenvalue weighted by molar-refractivity contribution is 5.95. The number of H-pyrrole nitrogens is 1. The molecule has 2 fully saturated rings. The fourth-order valence-electron chi connectivity index (χ4n) is 7.55. The van der Waals surface area contributed by atoms with Gasteiger partial charge in [0.05, 0.1) is 18.0 Å². The van der Waals surface area contributed by atoms with Crippen molar-refractivity contribution in [3.8, 4) is 6.07 Å². The maximum Gasteiger partial charge on any atom is 0.251 e. The second-order valence-electron chi connectivity index (χ2n) is 13.9. The van der Waals surface area contributed by atoms with Crippen LogP contribution in [0, 0.1) is 17.2 Å². The Balaban J connectivity index is 1.40. The molecule has 3 aliphatic rings. The highest BCUT2D eigenvalue weighted by atomic mass is 16.2. The molecule has 6 rings (SSSR count). The van der Waals surface area contributed by atoms with Gasteiger partial charge in [0.15, 0.2) is 5.82 Å². The Morgan fingerprint density at radius 1 is 0.957 bits per heavy atom. The quantitative estimate of drug-likeness (QED) is 0.263. The van der Waals surface area contributed by atoms with Crippen molar-refractivity contribution in [2.75, 3.05) is 6.54 Å². The highest BCUT2D eigenvalue weighted by Gasteiger charge is 2.54. The predicted octanol–water partition coefficient (Wildman–Crippen LogP) is 2.79. The monoisotopic (exact) mass is 637 g/mol. The Morgan fingerprint density at radius 3 is 2.06 bits per heavy atom. The Hall–Kier alpha value is -4.63. The molecule has 2 aliphatic carbocycles. The van der Waals surface area contributed by atoms with Crippen molar-refractivity contribution < 1.29 is 14.4 Å². The molecule has 1 unspecified atom stereocenters. The summed E-state index contributed by atoms with van der Waals surface area (Å²) in [5.74, 6) is 0.626. The largest absolute Gasteiger partial charge is 0.350 e. The fraction of sp³-hybridized carbons (Fsp3) is 0.514. The van der Waals surface area contributed by atoms with Crippen molar-refractivity contribution in [3.05, 3.63) is 75.6 Å². The lowest BCUT2D eigenvalue weighted by atomic mass is 9.67. The number of likely N-dealkylation sites (tertiary alicyclic amines) is 1. The van der Waals surface area contributed by atoms with E-state index in [2.05, 4.69) is 42.6 Å². The molecular weight excluding hydrogens is 594 g/mol. The zero-order valence-electron chi connectivity index (χ0n) is 27.6. The van der Waals surface area contributed by atoms with Crippen LogP contribution < -0.4 is 16.0 Å². The third kappa shape index (κ3) is 6.24. The summed E-state index contributed by atoms with van der Waals surface area (Å²) in [5, 5.41) is 34.5. The zero-order chi connectivity index (χ0) is 33.5. The van der Waals surface area contributed by atoms with Crippen molar-refractivity contribution in [1.82, 2.24) is 41.5 Å². The van der Waals surface area contributed by atoms with Crippen LogP contribution in [0.1, 0.15) is 103 Å². The van der Waals surface area contributed by atoms with E-state index in [1.54, 1.807) is 4.90 Å². The molecule has 12 nitrogen and oxygen atoms in total. The van der Waals surface area contributed by atoms with E-state index in [1.165, 1.54) is 0 Å². The minimum atomic E-state index is -0.898. The van der Waals surface area contributed by atoms with E-state index in [9.17, 15) is 19.6 Å². The van der Waals surface area contributed by atoms with Crippen LogP contribution in [0.5, 0.6) is 0 Å². The third-order valence-electron chi connectivity index (χ3n) is 9.66. The second-order valence-corrected chi connectivity index (χ2v) is 13.9. The Kier molecular flexibility index (Phi) is 8.85. The van der Waals surface area contributed by atoms with E-state index in [4.69, 9.17) is 0 Å². The standard InChI is InChI=1S/C35H43N9O3/c1-19(2)38-32(46)24-8-10-28-22(12-24)6-7-23-13-25(33(47)39-20(3)4)9-11-29(23)35(28,34-40-42-43-41-34)16-21(5)37-18-31(45)44-27(17-36)14-26-15-30(26)44/h8-13,19-21,26-27,30,37H,6-7,14-16,18H2,1-5H3,(H,38,46)(H,39,47)(H,40,41,42,43)/t21-,26+,27?,30-/m0/s1. The summed E-state index contributed by atoms with van der Waals surface area (Å²) >= 11 is 0. The van der Waals surface area contributed by atoms with Gasteiger partial charge < -0.3 is 20.9 Å². The number of benzene rings is 2. The first-order valence-electron chi connectivity index (χ1n) is 16.6. The molecule has 246 valence electrons. The van der Waals surface area contributed by atoms with Crippen LogP contribution in [0.4, 0.5) is 0 Å². The number of aromatic nitrogens is 4. The Morgan fingerprint density at radius 2 is 1.55 bits per heavy atom. The molecule has 1 aliphatic heterocycles. The molecule has 12 heteroatoms. The van der Waals surface area contributed by atoms with Crippen LogP contribution in [0.15, 0.2) is 36.4 Å². The first-order chi connectivity index (χ1) is 22.5.